The Hall–Kier alpha value is -1.70. The molecule has 1 atom stereocenters. The van der Waals surface area contributed by atoms with Gasteiger partial charge in [-0.3, -0.25) is 0 Å². The van der Waals surface area contributed by atoms with Crippen molar-refractivity contribution in [3.8, 4) is 0 Å². The third kappa shape index (κ3) is 3.81. The minimum Gasteiger partial charge on any atom is -0.462 e. The minimum absolute atomic E-state index is 0.0274. The third-order valence-corrected chi connectivity index (χ3v) is 3.22. The molecule has 0 spiro atoms. The predicted octanol–water partition coefficient (Wildman–Crippen LogP) is 5.09. The van der Waals surface area contributed by atoms with Gasteiger partial charge in [0.25, 0.3) is 0 Å². The van der Waals surface area contributed by atoms with Crippen LogP contribution in [0.1, 0.15) is 6.92 Å². The van der Waals surface area contributed by atoms with Crippen LogP contribution in [0, 0.1) is 5.92 Å². The van der Waals surface area contributed by atoms with Gasteiger partial charge in [-0.15, -0.1) is 0 Å². The smallest absolute Gasteiger partial charge is 0.460 e. The van der Waals surface area contributed by atoms with Crippen molar-refractivity contribution in [2.45, 2.75) is 42.7 Å². The van der Waals surface area contributed by atoms with E-state index in [2.05, 4.69) is 11.3 Å². The van der Waals surface area contributed by atoms with E-state index >= 15 is 0 Å². The van der Waals surface area contributed by atoms with Gasteiger partial charge in [0, 0.05) is 6.08 Å². The molecule has 0 saturated heterocycles. The molecule has 1 unspecified atom stereocenters. The van der Waals surface area contributed by atoms with Crippen LogP contribution in [0.4, 0.5) is 57.1 Å². The molecule has 0 aliphatic carbocycles. The van der Waals surface area contributed by atoms with E-state index in [1.54, 1.807) is 0 Å². The number of hydrogen-bond donors (Lipinski definition) is 0. The summed E-state index contributed by atoms with van der Waals surface area (Å²) >= 11 is 0. The van der Waals surface area contributed by atoms with Crippen LogP contribution in [0.15, 0.2) is 12.7 Å². The van der Waals surface area contributed by atoms with Crippen molar-refractivity contribution >= 4 is 5.97 Å². The zero-order valence-corrected chi connectivity index (χ0v) is 12.8. The molecule has 0 rings (SSSR count). The van der Waals surface area contributed by atoms with Crippen molar-refractivity contribution in [2.75, 3.05) is 6.61 Å². The fourth-order valence-electron chi connectivity index (χ4n) is 1.46. The Morgan fingerprint density at radius 2 is 1.19 bits per heavy atom. The summed E-state index contributed by atoms with van der Waals surface area (Å²) in [5.74, 6) is -42.0. The van der Waals surface area contributed by atoms with E-state index < -0.39 is 54.3 Å². The SMILES string of the molecule is C=CC(=O)OCC(C)C(F)(F)C(F)(F)C(F)(F)C(F)(F)C(F)(F)C(F)(F)F. The van der Waals surface area contributed by atoms with Gasteiger partial charge in [0.05, 0.1) is 5.92 Å². The minimum atomic E-state index is -7.96. The van der Waals surface area contributed by atoms with E-state index in [1.165, 1.54) is 0 Å². The molecule has 0 radical (unpaired) electrons. The van der Waals surface area contributed by atoms with Gasteiger partial charge in [0.2, 0.25) is 0 Å². The van der Waals surface area contributed by atoms with E-state index in [0.717, 1.165) is 0 Å². The van der Waals surface area contributed by atoms with Crippen molar-refractivity contribution in [3.63, 3.8) is 0 Å². The van der Waals surface area contributed by atoms with Crippen LogP contribution >= 0.6 is 0 Å². The molecule has 0 fully saturated rings. The average Bonchev–Trinajstić information content (AvgIpc) is 2.49. The third-order valence-electron chi connectivity index (χ3n) is 3.22. The Balaban J connectivity index is 6.07. The lowest BCUT2D eigenvalue weighted by molar-refractivity contribution is -0.443. The zero-order valence-electron chi connectivity index (χ0n) is 12.8. The van der Waals surface area contributed by atoms with Gasteiger partial charge in [0.1, 0.15) is 6.61 Å². The number of esters is 1. The van der Waals surface area contributed by atoms with Crippen LogP contribution in [-0.2, 0) is 9.53 Å². The fourth-order valence-corrected chi connectivity index (χ4v) is 1.46. The predicted molar refractivity (Wildman–Crippen MR) is 61.1 cm³/mol. The number of halogens is 13. The first-order valence-electron chi connectivity index (χ1n) is 6.37. The second-order valence-corrected chi connectivity index (χ2v) is 5.15. The van der Waals surface area contributed by atoms with Gasteiger partial charge < -0.3 is 4.74 Å². The first kappa shape index (κ1) is 25.3. The maximum Gasteiger partial charge on any atom is 0.460 e. The molecule has 0 aromatic rings. The molecule has 0 amide bonds. The quantitative estimate of drug-likeness (QED) is 0.304. The topological polar surface area (TPSA) is 26.3 Å². The van der Waals surface area contributed by atoms with Gasteiger partial charge in [-0.05, 0) is 0 Å². The molecule has 0 aromatic heterocycles. The Bertz CT molecular complexity index is 564. The molecule has 15 heteroatoms. The van der Waals surface area contributed by atoms with E-state index in [1.807, 2.05) is 0 Å². The molecular formula is C12H9F13O2. The van der Waals surface area contributed by atoms with E-state index in [9.17, 15) is 61.9 Å². The summed E-state index contributed by atoms with van der Waals surface area (Å²) in [6, 6.07) is 0. The molecule has 27 heavy (non-hydrogen) atoms. The number of hydrogen-bond acceptors (Lipinski definition) is 2. The molecule has 0 bridgehead atoms. The maximum atomic E-state index is 13.6. The maximum absolute atomic E-state index is 13.6. The highest BCUT2D eigenvalue weighted by molar-refractivity contribution is 5.81. The van der Waals surface area contributed by atoms with Crippen LogP contribution in [-0.4, -0.2) is 48.4 Å². The lowest BCUT2D eigenvalue weighted by Gasteiger charge is -2.41. The number of carbonyl (C=O) groups is 1. The van der Waals surface area contributed by atoms with E-state index in [4.69, 9.17) is 0 Å². The highest BCUT2D eigenvalue weighted by Gasteiger charge is 2.91. The fraction of sp³-hybridized carbons (Fsp3) is 0.750. The van der Waals surface area contributed by atoms with Crippen LogP contribution in [0.3, 0.4) is 0 Å². The van der Waals surface area contributed by atoms with Gasteiger partial charge in [-0.2, -0.15) is 57.1 Å². The summed E-state index contributed by atoms with van der Waals surface area (Å²) in [6.45, 7) is 0.924. The number of carbonyl (C=O) groups excluding carboxylic acids is 1. The first-order valence-corrected chi connectivity index (χ1v) is 6.37. The van der Waals surface area contributed by atoms with Crippen LogP contribution in [0.5, 0.6) is 0 Å². The molecule has 0 aliphatic rings. The molecular weight excluding hydrogens is 423 g/mol. The highest BCUT2D eigenvalue weighted by Crippen LogP contribution is 2.61. The largest absolute Gasteiger partial charge is 0.462 e. The lowest BCUT2D eigenvalue weighted by Crippen LogP contribution is -2.71. The summed E-state index contributed by atoms with van der Waals surface area (Å²) in [7, 11) is 0. The van der Waals surface area contributed by atoms with Gasteiger partial charge in [-0.1, -0.05) is 13.5 Å². The molecule has 0 N–H and O–H groups in total. The number of ether oxygens (including phenoxy) is 1. The van der Waals surface area contributed by atoms with Gasteiger partial charge >= 0.3 is 41.8 Å². The van der Waals surface area contributed by atoms with Crippen molar-refractivity contribution in [3.05, 3.63) is 12.7 Å². The zero-order chi connectivity index (χ0) is 22.3. The Morgan fingerprint density at radius 3 is 1.52 bits per heavy atom. The average molecular weight is 432 g/mol. The molecule has 160 valence electrons. The van der Waals surface area contributed by atoms with Crippen molar-refractivity contribution in [1.29, 1.82) is 0 Å². The van der Waals surface area contributed by atoms with E-state index in [-0.39, 0.29) is 6.92 Å². The normalized spacial score (nSPS) is 16.1. The van der Waals surface area contributed by atoms with Crippen LogP contribution < -0.4 is 0 Å². The Morgan fingerprint density at radius 1 is 0.815 bits per heavy atom. The summed E-state index contributed by atoms with van der Waals surface area (Å²) < 4.78 is 171. The van der Waals surface area contributed by atoms with Crippen molar-refractivity contribution in [2.24, 2.45) is 5.92 Å². The van der Waals surface area contributed by atoms with E-state index in [0.29, 0.717) is 6.08 Å². The summed E-state index contributed by atoms with van der Waals surface area (Å²) in [4.78, 5) is 10.6. The van der Waals surface area contributed by atoms with Crippen molar-refractivity contribution < 1.29 is 66.6 Å². The highest BCUT2D eigenvalue weighted by atomic mass is 19.4. The second-order valence-electron chi connectivity index (χ2n) is 5.15. The van der Waals surface area contributed by atoms with Crippen molar-refractivity contribution in [1.82, 2.24) is 0 Å². The second kappa shape index (κ2) is 7.04. The standard InChI is InChI=1S/C12H9F13O2/c1-3-6(26)27-4-5(2)7(13,14)8(15,16)9(17,18)10(19,20)11(21,22)12(23,24)25/h3,5H,1,4H2,2H3. The summed E-state index contributed by atoms with van der Waals surface area (Å²) in [5, 5.41) is 0. The summed E-state index contributed by atoms with van der Waals surface area (Å²) in [5.41, 5.74) is 0. The molecule has 2 nitrogen and oxygen atoms in total. The Kier molecular flexibility index (Phi) is 6.59. The van der Waals surface area contributed by atoms with Gasteiger partial charge in [0.15, 0.2) is 0 Å². The number of rotatable bonds is 8. The molecule has 0 heterocycles. The van der Waals surface area contributed by atoms with Crippen LogP contribution in [0.2, 0.25) is 0 Å². The first-order chi connectivity index (χ1) is 11.6. The number of alkyl halides is 13. The lowest BCUT2D eigenvalue weighted by atomic mass is 9.88. The van der Waals surface area contributed by atoms with Gasteiger partial charge in [-0.25, -0.2) is 4.79 Å². The summed E-state index contributed by atoms with van der Waals surface area (Å²) in [6.07, 6.45) is -7.15. The van der Waals surface area contributed by atoms with Crippen LogP contribution in [0.25, 0.3) is 0 Å². The molecule has 0 aromatic carbocycles. The molecule has 0 aliphatic heterocycles. The monoisotopic (exact) mass is 432 g/mol. The Labute approximate surface area is 141 Å². The molecule has 0 saturated carbocycles.